The second-order valence-corrected chi connectivity index (χ2v) is 7.71. The van der Waals surface area contributed by atoms with Crippen molar-refractivity contribution in [3.8, 4) is 11.5 Å². The molecular weight excluding hydrogens is 384 g/mol. The topological polar surface area (TPSA) is 79.2 Å². The van der Waals surface area contributed by atoms with Gasteiger partial charge in [-0.1, -0.05) is 18.2 Å². The van der Waals surface area contributed by atoms with Gasteiger partial charge in [0.15, 0.2) is 0 Å². The fraction of sp³-hybridized carbons (Fsp3) is 0.409. The number of anilines is 1. The van der Waals surface area contributed by atoms with Crippen LogP contribution in [-0.2, 0) is 4.79 Å². The number of ether oxygens (including phenoxy) is 1. The van der Waals surface area contributed by atoms with E-state index < -0.39 is 0 Å². The van der Waals surface area contributed by atoms with Gasteiger partial charge in [-0.25, -0.2) is 0 Å². The summed E-state index contributed by atoms with van der Waals surface area (Å²) in [4.78, 5) is 29.0. The van der Waals surface area contributed by atoms with Crippen molar-refractivity contribution in [3.05, 3.63) is 58.1 Å². The van der Waals surface area contributed by atoms with Crippen molar-refractivity contribution >= 4 is 17.3 Å². The number of benzene rings is 2. The third-order valence-corrected chi connectivity index (χ3v) is 5.64. The molecule has 0 aromatic heterocycles. The van der Waals surface area contributed by atoms with Crippen LogP contribution < -0.4 is 9.64 Å². The zero-order chi connectivity index (χ0) is 21.8. The second-order valence-electron chi connectivity index (χ2n) is 7.71. The normalized spacial score (nSPS) is 16.9. The summed E-state index contributed by atoms with van der Waals surface area (Å²) in [5.41, 5.74) is 1.38. The molecule has 2 aromatic rings. The maximum atomic E-state index is 11.8. The zero-order valence-corrected chi connectivity index (χ0v) is 17.9. The van der Waals surface area contributed by atoms with Gasteiger partial charge in [0.2, 0.25) is 5.91 Å². The van der Waals surface area contributed by atoms with Gasteiger partial charge in [0.1, 0.15) is 17.2 Å². The number of para-hydroxylation sites is 1. The number of amides is 1. The maximum absolute atomic E-state index is 11.8. The molecule has 0 radical (unpaired) electrons. The van der Waals surface area contributed by atoms with Crippen LogP contribution in [0.25, 0.3) is 0 Å². The first kappa shape index (κ1) is 21.6. The highest BCUT2D eigenvalue weighted by Gasteiger charge is 2.31. The standard InChI is InChI=1S/C22H28N4O4/c1-16-21(30-19-8-6-5-7-9-19)11-10-20(26(28)29)22(16)25-13-12-23(3)18(15-25)14-24(4)17(2)27/h5-11,18H,12-15H2,1-4H3/t18-/m0/s1. The smallest absolute Gasteiger partial charge is 0.293 e. The Bertz CT molecular complexity index is 919. The van der Waals surface area contributed by atoms with Crippen LogP contribution in [0.4, 0.5) is 11.4 Å². The zero-order valence-electron chi connectivity index (χ0n) is 17.9. The summed E-state index contributed by atoms with van der Waals surface area (Å²) in [6, 6.07) is 12.6. The van der Waals surface area contributed by atoms with Crippen molar-refractivity contribution < 1.29 is 14.5 Å². The molecule has 30 heavy (non-hydrogen) atoms. The Morgan fingerprint density at radius 2 is 1.93 bits per heavy atom. The third kappa shape index (κ3) is 4.71. The van der Waals surface area contributed by atoms with Gasteiger partial charge in [-0.15, -0.1) is 0 Å². The first-order valence-corrected chi connectivity index (χ1v) is 9.95. The Hall–Kier alpha value is -3.13. The molecule has 0 saturated carbocycles. The molecule has 0 N–H and O–H groups in total. The highest BCUT2D eigenvalue weighted by Crippen LogP contribution is 2.39. The lowest BCUT2D eigenvalue weighted by molar-refractivity contribution is -0.384. The van der Waals surface area contributed by atoms with Crippen LogP contribution in [0.15, 0.2) is 42.5 Å². The quantitative estimate of drug-likeness (QED) is 0.535. The summed E-state index contributed by atoms with van der Waals surface area (Å²) >= 11 is 0. The minimum atomic E-state index is -0.344. The van der Waals surface area contributed by atoms with Crippen LogP contribution in [0.1, 0.15) is 12.5 Å². The first-order chi connectivity index (χ1) is 14.3. The van der Waals surface area contributed by atoms with Crippen LogP contribution in [0.2, 0.25) is 0 Å². The van der Waals surface area contributed by atoms with E-state index in [0.717, 1.165) is 12.1 Å². The maximum Gasteiger partial charge on any atom is 0.293 e. The van der Waals surface area contributed by atoms with Crippen LogP contribution in [-0.4, -0.2) is 66.9 Å². The number of hydrogen-bond acceptors (Lipinski definition) is 6. The summed E-state index contributed by atoms with van der Waals surface area (Å²) in [7, 11) is 3.79. The molecule has 2 aromatic carbocycles. The molecule has 0 unspecified atom stereocenters. The number of nitro groups is 1. The third-order valence-electron chi connectivity index (χ3n) is 5.64. The molecule has 160 valence electrons. The van der Waals surface area contributed by atoms with E-state index in [0.29, 0.717) is 36.8 Å². The van der Waals surface area contributed by atoms with E-state index in [1.807, 2.05) is 49.2 Å². The van der Waals surface area contributed by atoms with Crippen LogP contribution in [0, 0.1) is 17.0 Å². The predicted octanol–water partition coefficient (Wildman–Crippen LogP) is 3.29. The number of nitrogens with zero attached hydrogens (tertiary/aromatic N) is 4. The highest BCUT2D eigenvalue weighted by molar-refractivity contribution is 5.73. The lowest BCUT2D eigenvalue weighted by atomic mass is 10.1. The number of nitro benzene ring substituents is 1. The number of likely N-dealkylation sites (N-methyl/N-ethyl adjacent to an activating group) is 2. The second kappa shape index (κ2) is 9.13. The largest absolute Gasteiger partial charge is 0.457 e. The van der Waals surface area contributed by atoms with Gasteiger partial charge < -0.3 is 14.5 Å². The molecule has 8 nitrogen and oxygen atoms in total. The minimum Gasteiger partial charge on any atom is -0.457 e. The fourth-order valence-electron chi connectivity index (χ4n) is 3.73. The molecule has 0 bridgehead atoms. The average molecular weight is 412 g/mol. The molecule has 1 fully saturated rings. The Morgan fingerprint density at radius 3 is 2.57 bits per heavy atom. The van der Waals surface area contributed by atoms with Crippen molar-refractivity contribution in [1.82, 2.24) is 9.80 Å². The van der Waals surface area contributed by atoms with Gasteiger partial charge in [0, 0.05) is 57.8 Å². The number of hydrogen-bond donors (Lipinski definition) is 0. The Balaban J connectivity index is 1.93. The van der Waals surface area contributed by atoms with Crippen molar-refractivity contribution in [2.45, 2.75) is 19.9 Å². The molecule has 1 saturated heterocycles. The van der Waals surface area contributed by atoms with Gasteiger partial charge in [-0.3, -0.25) is 19.8 Å². The molecule has 1 aliphatic heterocycles. The van der Waals surface area contributed by atoms with Crippen molar-refractivity contribution in [2.75, 3.05) is 45.2 Å². The Labute approximate surface area is 176 Å². The van der Waals surface area contributed by atoms with Crippen LogP contribution in [0.5, 0.6) is 11.5 Å². The average Bonchev–Trinajstić information content (AvgIpc) is 2.71. The van der Waals surface area contributed by atoms with Crippen LogP contribution >= 0.6 is 0 Å². The number of rotatable bonds is 6. The lowest BCUT2D eigenvalue weighted by Gasteiger charge is -2.42. The van der Waals surface area contributed by atoms with E-state index in [2.05, 4.69) is 4.90 Å². The molecule has 1 amide bonds. The van der Waals surface area contributed by atoms with E-state index in [4.69, 9.17) is 4.74 Å². The summed E-state index contributed by atoms with van der Waals surface area (Å²) < 4.78 is 6.01. The lowest BCUT2D eigenvalue weighted by Crippen LogP contribution is -2.55. The molecule has 3 rings (SSSR count). The molecule has 8 heteroatoms. The number of piperazine rings is 1. The van der Waals surface area contributed by atoms with Gasteiger partial charge >= 0.3 is 0 Å². The molecule has 1 atom stereocenters. The molecule has 0 aliphatic carbocycles. The number of carbonyl (C=O) groups is 1. The number of carbonyl (C=O) groups excluding carboxylic acids is 1. The predicted molar refractivity (Wildman–Crippen MR) is 116 cm³/mol. The van der Waals surface area contributed by atoms with Crippen molar-refractivity contribution in [1.29, 1.82) is 0 Å². The van der Waals surface area contributed by atoms with E-state index in [9.17, 15) is 14.9 Å². The van der Waals surface area contributed by atoms with E-state index >= 15 is 0 Å². The van der Waals surface area contributed by atoms with Gasteiger partial charge in [-0.05, 0) is 32.2 Å². The van der Waals surface area contributed by atoms with Crippen molar-refractivity contribution in [2.24, 2.45) is 0 Å². The highest BCUT2D eigenvalue weighted by atomic mass is 16.6. The van der Waals surface area contributed by atoms with E-state index in [1.165, 1.54) is 6.07 Å². The Morgan fingerprint density at radius 1 is 1.23 bits per heavy atom. The molecule has 1 aliphatic rings. The first-order valence-electron chi connectivity index (χ1n) is 9.95. The fourth-order valence-corrected chi connectivity index (χ4v) is 3.73. The monoisotopic (exact) mass is 412 g/mol. The van der Waals surface area contributed by atoms with E-state index in [-0.39, 0.29) is 22.6 Å². The van der Waals surface area contributed by atoms with Crippen LogP contribution in [0.3, 0.4) is 0 Å². The molecule has 1 heterocycles. The summed E-state index contributed by atoms with van der Waals surface area (Å²) in [6.45, 7) is 5.96. The summed E-state index contributed by atoms with van der Waals surface area (Å²) in [5.74, 6) is 1.28. The summed E-state index contributed by atoms with van der Waals surface area (Å²) in [5, 5.41) is 11.8. The van der Waals surface area contributed by atoms with E-state index in [1.54, 1.807) is 24.9 Å². The molecular formula is C22H28N4O4. The van der Waals surface area contributed by atoms with Gasteiger partial charge in [-0.2, -0.15) is 0 Å². The van der Waals surface area contributed by atoms with Crippen molar-refractivity contribution in [3.63, 3.8) is 0 Å². The minimum absolute atomic E-state index is 0.000873. The molecule has 0 spiro atoms. The van der Waals surface area contributed by atoms with Gasteiger partial charge in [0.25, 0.3) is 5.69 Å². The van der Waals surface area contributed by atoms with Gasteiger partial charge in [0.05, 0.1) is 4.92 Å². The Kier molecular flexibility index (Phi) is 6.56. The summed E-state index contributed by atoms with van der Waals surface area (Å²) in [6.07, 6.45) is 0. The SMILES string of the molecule is CC(=O)N(C)C[C@H]1CN(c2c([N+](=O)[O-])ccc(Oc3ccccc3)c2C)CCN1C.